The molecule has 1 fully saturated rings. The van der Waals surface area contributed by atoms with Crippen LogP contribution in [0.5, 0.6) is 0 Å². The van der Waals surface area contributed by atoms with Gasteiger partial charge in [0.25, 0.3) is 0 Å². The topological polar surface area (TPSA) is 57.7 Å². The number of hydrogen-bond donors (Lipinski definition) is 0. The highest BCUT2D eigenvalue weighted by Gasteiger charge is 2.30. The maximum Gasteiger partial charge on any atom is 0.243 e. The van der Waals surface area contributed by atoms with Crippen molar-refractivity contribution in [1.29, 1.82) is 0 Å². The molecule has 1 aliphatic rings. The Bertz CT molecular complexity index is 917. The molecule has 28 heavy (non-hydrogen) atoms. The van der Waals surface area contributed by atoms with Crippen molar-refractivity contribution in [3.63, 3.8) is 0 Å². The van der Waals surface area contributed by atoms with Crippen LogP contribution in [0, 0.1) is 5.82 Å². The minimum Gasteiger partial charge on any atom is -0.340 e. The molecular formula is C21H25FN2O3S. The van der Waals surface area contributed by atoms with E-state index in [1.807, 2.05) is 12.1 Å². The lowest BCUT2D eigenvalue weighted by Gasteiger charge is -2.34. The first-order chi connectivity index (χ1) is 13.3. The molecule has 0 atom stereocenters. The fourth-order valence-electron chi connectivity index (χ4n) is 3.24. The molecule has 0 radical (unpaired) electrons. The number of benzene rings is 2. The first-order valence-corrected chi connectivity index (χ1v) is 10.8. The van der Waals surface area contributed by atoms with Crippen molar-refractivity contribution in [3.8, 4) is 0 Å². The highest BCUT2D eigenvalue weighted by atomic mass is 32.2. The molecule has 150 valence electrons. The SMILES string of the molecule is CC(C)c1ccc(S(=O)(=O)N2CCN(C(=O)Cc3ccc(F)cc3)CC2)cc1. The van der Waals surface area contributed by atoms with Crippen LogP contribution in [0.2, 0.25) is 0 Å². The van der Waals surface area contributed by atoms with E-state index in [4.69, 9.17) is 0 Å². The van der Waals surface area contributed by atoms with Crippen molar-refractivity contribution in [3.05, 3.63) is 65.5 Å². The molecular weight excluding hydrogens is 379 g/mol. The first kappa shape index (κ1) is 20.5. The van der Waals surface area contributed by atoms with Gasteiger partial charge in [-0.25, -0.2) is 12.8 Å². The zero-order chi connectivity index (χ0) is 20.3. The average Bonchev–Trinajstić information content (AvgIpc) is 2.70. The van der Waals surface area contributed by atoms with Crippen molar-refractivity contribution < 1.29 is 17.6 Å². The lowest BCUT2D eigenvalue weighted by atomic mass is 10.0. The molecule has 0 saturated carbocycles. The Morgan fingerprint density at radius 1 is 0.964 bits per heavy atom. The molecule has 1 heterocycles. The van der Waals surface area contributed by atoms with E-state index in [-0.39, 0.29) is 36.1 Å². The number of carbonyl (C=O) groups is 1. The molecule has 1 saturated heterocycles. The molecule has 0 bridgehead atoms. The molecule has 0 spiro atoms. The van der Waals surface area contributed by atoms with E-state index in [9.17, 15) is 17.6 Å². The molecule has 3 rings (SSSR count). The van der Waals surface area contributed by atoms with Gasteiger partial charge >= 0.3 is 0 Å². The minimum atomic E-state index is -3.56. The molecule has 7 heteroatoms. The smallest absolute Gasteiger partial charge is 0.243 e. The van der Waals surface area contributed by atoms with Gasteiger partial charge in [-0.2, -0.15) is 4.31 Å². The highest BCUT2D eigenvalue weighted by molar-refractivity contribution is 7.89. The van der Waals surface area contributed by atoms with Crippen molar-refractivity contribution in [1.82, 2.24) is 9.21 Å². The zero-order valence-corrected chi connectivity index (χ0v) is 17.0. The fourth-order valence-corrected chi connectivity index (χ4v) is 4.66. The van der Waals surface area contributed by atoms with E-state index in [2.05, 4.69) is 13.8 Å². The Balaban J connectivity index is 1.60. The first-order valence-electron chi connectivity index (χ1n) is 9.39. The van der Waals surface area contributed by atoms with Crippen LogP contribution in [0.3, 0.4) is 0 Å². The molecule has 2 aromatic carbocycles. The third-order valence-corrected chi connectivity index (χ3v) is 6.96. The Labute approximate surface area is 165 Å². The van der Waals surface area contributed by atoms with Gasteiger partial charge in [0.15, 0.2) is 0 Å². The zero-order valence-electron chi connectivity index (χ0n) is 16.1. The molecule has 0 N–H and O–H groups in total. The number of carbonyl (C=O) groups excluding carboxylic acids is 1. The largest absolute Gasteiger partial charge is 0.340 e. The van der Waals surface area contributed by atoms with Crippen LogP contribution >= 0.6 is 0 Å². The standard InChI is InChI=1S/C21H25FN2O3S/c1-16(2)18-5-9-20(10-6-18)28(26,27)24-13-11-23(12-14-24)21(25)15-17-3-7-19(22)8-4-17/h3-10,16H,11-15H2,1-2H3. The summed E-state index contributed by atoms with van der Waals surface area (Å²) in [5, 5.41) is 0. The normalized spacial score (nSPS) is 15.8. The summed E-state index contributed by atoms with van der Waals surface area (Å²) in [4.78, 5) is 14.4. The van der Waals surface area contributed by atoms with Gasteiger partial charge in [-0.3, -0.25) is 4.79 Å². The van der Waals surface area contributed by atoms with Gasteiger partial charge in [-0.1, -0.05) is 38.1 Å². The Hall–Kier alpha value is -2.25. The summed E-state index contributed by atoms with van der Waals surface area (Å²) in [6.07, 6.45) is 0.184. The maximum atomic E-state index is 13.0. The van der Waals surface area contributed by atoms with E-state index in [1.165, 1.54) is 16.4 Å². The second kappa shape index (κ2) is 8.41. The number of hydrogen-bond acceptors (Lipinski definition) is 3. The second-order valence-electron chi connectivity index (χ2n) is 7.31. The summed E-state index contributed by atoms with van der Waals surface area (Å²) >= 11 is 0. The summed E-state index contributed by atoms with van der Waals surface area (Å²) in [5.74, 6) is -0.0752. The number of sulfonamides is 1. The van der Waals surface area contributed by atoms with E-state index >= 15 is 0 Å². The third-order valence-electron chi connectivity index (χ3n) is 5.04. The number of amides is 1. The van der Waals surface area contributed by atoms with E-state index in [0.29, 0.717) is 19.0 Å². The molecule has 1 amide bonds. The quantitative estimate of drug-likeness (QED) is 0.770. The maximum absolute atomic E-state index is 13.0. The highest BCUT2D eigenvalue weighted by Crippen LogP contribution is 2.21. The summed E-state index contributed by atoms with van der Waals surface area (Å²) < 4.78 is 40.1. The number of nitrogens with zero attached hydrogens (tertiary/aromatic N) is 2. The molecule has 0 aromatic heterocycles. The molecule has 1 aliphatic heterocycles. The van der Waals surface area contributed by atoms with Gasteiger partial charge in [0.2, 0.25) is 15.9 Å². The van der Waals surface area contributed by atoms with Crippen LogP contribution in [0.1, 0.15) is 30.9 Å². The predicted molar refractivity (Wildman–Crippen MR) is 106 cm³/mol. The summed E-state index contributed by atoms with van der Waals surface area (Å²) in [6.45, 7) is 5.36. The van der Waals surface area contributed by atoms with E-state index < -0.39 is 10.0 Å². The van der Waals surface area contributed by atoms with Gasteiger partial charge < -0.3 is 4.90 Å². The minimum absolute atomic E-state index is 0.0788. The molecule has 0 unspecified atom stereocenters. The van der Waals surface area contributed by atoms with Crippen LogP contribution in [0.4, 0.5) is 4.39 Å². The van der Waals surface area contributed by atoms with Crippen LogP contribution < -0.4 is 0 Å². The molecule has 2 aromatic rings. The second-order valence-corrected chi connectivity index (χ2v) is 9.25. The molecule has 5 nitrogen and oxygen atoms in total. The van der Waals surface area contributed by atoms with E-state index in [1.54, 1.807) is 29.2 Å². The van der Waals surface area contributed by atoms with Gasteiger partial charge in [0.1, 0.15) is 5.82 Å². The van der Waals surface area contributed by atoms with Crippen molar-refractivity contribution in [2.45, 2.75) is 31.1 Å². The van der Waals surface area contributed by atoms with Gasteiger partial charge in [-0.05, 0) is 41.3 Å². The van der Waals surface area contributed by atoms with Crippen molar-refractivity contribution in [2.24, 2.45) is 0 Å². The van der Waals surface area contributed by atoms with Crippen LogP contribution in [0.15, 0.2) is 53.4 Å². The van der Waals surface area contributed by atoms with Gasteiger partial charge in [0.05, 0.1) is 11.3 Å². The monoisotopic (exact) mass is 404 g/mol. The summed E-state index contributed by atoms with van der Waals surface area (Å²) in [6, 6.07) is 12.8. The summed E-state index contributed by atoms with van der Waals surface area (Å²) in [7, 11) is -3.56. The molecule has 0 aliphatic carbocycles. The summed E-state index contributed by atoms with van der Waals surface area (Å²) in [5.41, 5.74) is 1.84. The number of rotatable bonds is 5. The number of halogens is 1. The predicted octanol–water partition coefficient (Wildman–Crippen LogP) is 3.02. The Morgan fingerprint density at radius 2 is 1.54 bits per heavy atom. The Kier molecular flexibility index (Phi) is 6.15. The average molecular weight is 405 g/mol. The van der Waals surface area contributed by atoms with Crippen molar-refractivity contribution >= 4 is 15.9 Å². The lowest BCUT2D eigenvalue weighted by Crippen LogP contribution is -2.50. The third kappa shape index (κ3) is 4.59. The van der Waals surface area contributed by atoms with Crippen LogP contribution in [-0.2, 0) is 21.2 Å². The number of piperazine rings is 1. The van der Waals surface area contributed by atoms with Gasteiger partial charge in [-0.15, -0.1) is 0 Å². The van der Waals surface area contributed by atoms with E-state index in [0.717, 1.165) is 11.1 Å². The lowest BCUT2D eigenvalue weighted by molar-refractivity contribution is -0.131. The Morgan fingerprint density at radius 3 is 2.07 bits per heavy atom. The van der Waals surface area contributed by atoms with Gasteiger partial charge in [0, 0.05) is 26.2 Å². The van der Waals surface area contributed by atoms with Crippen LogP contribution in [-0.4, -0.2) is 49.7 Å². The fraction of sp³-hybridized carbons (Fsp3) is 0.381. The van der Waals surface area contributed by atoms with Crippen molar-refractivity contribution in [2.75, 3.05) is 26.2 Å². The van der Waals surface area contributed by atoms with Crippen LogP contribution in [0.25, 0.3) is 0 Å².